The number of Topliss-reactive ketones (excluding diaryl/α,β-unsaturated/α-hetero) is 1. The first kappa shape index (κ1) is 22.4. The van der Waals surface area contributed by atoms with E-state index in [1.165, 1.54) is 40.0 Å². The SMILES string of the molecule is O=C(CSc1nc(CC(=O)N2CCN(Cc3ccc4c(c3)OCO4)CC2)cs1)c1cccs1. The number of thioether (sulfide) groups is 1. The van der Waals surface area contributed by atoms with E-state index in [0.717, 1.165) is 46.0 Å². The van der Waals surface area contributed by atoms with Crippen LogP contribution in [0.2, 0.25) is 0 Å². The zero-order chi connectivity index (χ0) is 22.6. The molecular weight excluding hydrogens is 478 g/mol. The van der Waals surface area contributed by atoms with Crippen LogP contribution in [0.3, 0.4) is 0 Å². The molecule has 10 heteroatoms. The number of rotatable bonds is 8. The lowest BCUT2D eigenvalue weighted by atomic mass is 10.1. The van der Waals surface area contributed by atoms with Crippen LogP contribution in [0.1, 0.15) is 20.9 Å². The number of aromatic nitrogens is 1. The zero-order valence-electron chi connectivity index (χ0n) is 17.9. The molecule has 5 rings (SSSR count). The Balaban J connectivity index is 1.07. The van der Waals surface area contributed by atoms with Crippen LogP contribution in [0, 0.1) is 0 Å². The third kappa shape index (κ3) is 5.57. The second-order valence-corrected chi connectivity index (χ2v) is 10.8. The first-order valence-corrected chi connectivity index (χ1v) is 13.4. The third-order valence-corrected chi connectivity index (χ3v) is 8.53. The Morgan fingerprint density at radius 1 is 1.06 bits per heavy atom. The van der Waals surface area contributed by atoms with Crippen molar-refractivity contribution in [1.82, 2.24) is 14.8 Å². The van der Waals surface area contributed by atoms with Gasteiger partial charge < -0.3 is 14.4 Å². The lowest BCUT2D eigenvalue weighted by Crippen LogP contribution is -2.48. The summed E-state index contributed by atoms with van der Waals surface area (Å²) in [7, 11) is 0. The molecule has 0 spiro atoms. The summed E-state index contributed by atoms with van der Waals surface area (Å²) < 4.78 is 11.7. The highest BCUT2D eigenvalue weighted by atomic mass is 32.2. The molecule has 3 aromatic rings. The number of thiazole rings is 1. The maximum atomic E-state index is 12.8. The van der Waals surface area contributed by atoms with Gasteiger partial charge in [0, 0.05) is 38.1 Å². The molecule has 1 fully saturated rings. The first-order valence-electron chi connectivity index (χ1n) is 10.7. The van der Waals surface area contributed by atoms with E-state index < -0.39 is 0 Å². The van der Waals surface area contributed by atoms with Crippen molar-refractivity contribution in [2.45, 2.75) is 17.3 Å². The summed E-state index contributed by atoms with van der Waals surface area (Å²) in [6, 6.07) is 9.78. The average molecular weight is 502 g/mol. The number of nitrogens with zero attached hydrogens (tertiary/aromatic N) is 3. The molecule has 0 unspecified atom stereocenters. The molecule has 0 radical (unpaired) electrons. The molecule has 1 aromatic carbocycles. The van der Waals surface area contributed by atoms with Gasteiger partial charge in [0.25, 0.3) is 0 Å². The number of benzene rings is 1. The molecule has 2 aromatic heterocycles. The summed E-state index contributed by atoms with van der Waals surface area (Å²) in [5.74, 6) is 2.19. The third-order valence-electron chi connectivity index (χ3n) is 5.55. The van der Waals surface area contributed by atoms with Crippen LogP contribution >= 0.6 is 34.4 Å². The van der Waals surface area contributed by atoms with Crippen molar-refractivity contribution in [2.24, 2.45) is 0 Å². The normalized spacial score (nSPS) is 15.7. The van der Waals surface area contributed by atoms with Gasteiger partial charge in [-0.2, -0.15) is 0 Å². The molecule has 0 aliphatic carbocycles. The molecule has 1 amide bonds. The van der Waals surface area contributed by atoms with Crippen LogP contribution in [0.25, 0.3) is 0 Å². The van der Waals surface area contributed by atoms with E-state index >= 15 is 0 Å². The van der Waals surface area contributed by atoms with Crippen molar-refractivity contribution in [3.8, 4) is 11.5 Å². The van der Waals surface area contributed by atoms with Gasteiger partial charge in [0.1, 0.15) is 0 Å². The van der Waals surface area contributed by atoms with Gasteiger partial charge in [0.05, 0.1) is 22.7 Å². The fraction of sp³-hybridized carbons (Fsp3) is 0.348. The van der Waals surface area contributed by atoms with Crippen LogP contribution in [-0.2, 0) is 17.8 Å². The Bertz CT molecular complexity index is 1120. The largest absolute Gasteiger partial charge is 0.454 e. The highest BCUT2D eigenvalue weighted by molar-refractivity contribution is 8.01. The predicted octanol–water partition coefficient (Wildman–Crippen LogP) is 3.80. The summed E-state index contributed by atoms with van der Waals surface area (Å²) in [6.45, 7) is 4.21. The van der Waals surface area contributed by atoms with Crippen molar-refractivity contribution >= 4 is 46.1 Å². The van der Waals surface area contributed by atoms with Crippen LogP contribution in [-0.4, -0.2) is 65.2 Å². The number of fused-ring (bicyclic) bond motifs is 1. The van der Waals surface area contributed by atoms with Crippen molar-refractivity contribution in [1.29, 1.82) is 0 Å². The highest BCUT2D eigenvalue weighted by Gasteiger charge is 2.23. The molecule has 0 saturated carbocycles. The molecular formula is C23H23N3O4S3. The summed E-state index contributed by atoms with van der Waals surface area (Å²) in [4.78, 5) is 34.5. The summed E-state index contributed by atoms with van der Waals surface area (Å²) in [6.07, 6.45) is 0.304. The number of carbonyl (C=O) groups excluding carboxylic acids is 2. The molecule has 1 saturated heterocycles. The van der Waals surface area contributed by atoms with Crippen LogP contribution in [0.4, 0.5) is 0 Å². The topological polar surface area (TPSA) is 72.0 Å². The molecule has 0 N–H and O–H groups in total. The Morgan fingerprint density at radius 3 is 2.73 bits per heavy atom. The number of ether oxygens (including phenoxy) is 2. The quantitative estimate of drug-likeness (QED) is 0.343. The predicted molar refractivity (Wildman–Crippen MR) is 130 cm³/mol. The Labute approximate surface area is 204 Å². The second kappa shape index (κ2) is 10.3. The summed E-state index contributed by atoms with van der Waals surface area (Å²) in [5.41, 5.74) is 1.96. The van der Waals surface area contributed by atoms with Gasteiger partial charge in [-0.25, -0.2) is 4.98 Å². The van der Waals surface area contributed by atoms with Gasteiger partial charge in [-0.3, -0.25) is 14.5 Å². The molecule has 0 atom stereocenters. The fourth-order valence-corrected chi connectivity index (χ4v) is 6.28. The van der Waals surface area contributed by atoms with E-state index in [2.05, 4.69) is 16.0 Å². The summed E-state index contributed by atoms with van der Waals surface area (Å²) in [5, 5.41) is 3.83. The number of hydrogen-bond acceptors (Lipinski definition) is 9. The molecule has 4 heterocycles. The Kier molecular flexibility index (Phi) is 6.96. The van der Waals surface area contributed by atoms with Crippen molar-refractivity contribution in [3.63, 3.8) is 0 Å². The fourth-order valence-electron chi connectivity index (χ4n) is 3.79. The molecule has 2 aliphatic rings. The van der Waals surface area contributed by atoms with E-state index in [-0.39, 0.29) is 18.5 Å². The first-order chi connectivity index (χ1) is 16.1. The lowest BCUT2D eigenvalue weighted by molar-refractivity contribution is -0.132. The number of piperazine rings is 1. The number of carbonyl (C=O) groups is 2. The van der Waals surface area contributed by atoms with E-state index in [4.69, 9.17) is 9.47 Å². The van der Waals surface area contributed by atoms with Gasteiger partial charge in [0.2, 0.25) is 12.7 Å². The van der Waals surface area contributed by atoms with Gasteiger partial charge >= 0.3 is 0 Å². The Hall–Kier alpha value is -2.40. The van der Waals surface area contributed by atoms with Crippen LogP contribution in [0.5, 0.6) is 11.5 Å². The van der Waals surface area contributed by atoms with Gasteiger partial charge in [-0.05, 0) is 29.1 Å². The van der Waals surface area contributed by atoms with Gasteiger partial charge in [-0.15, -0.1) is 22.7 Å². The van der Waals surface area contributed by atoms with Crippen LogP contribution in [0.15, 0.2) is 45.4 Å². The Morgan fingerprint density at radius 2 is 1.91 bits per heavy atom. The van der Waals surface area contributed by atoms with E-state index in [9.17, 15) is 9.59 Å². The number of ketones is 1. The van der Waals surface area contributed by atoms with Gasteiger partial charge in [0.15, 0.2) is 21.6 Å². The summed E-state index contributed by atoms with van der Waals surface area (Å²) >= 11 is 4.38. The van der Waals surface area contributed by atoms with Crippen molar-refractivity contribution < 1.29 is 19.1 Å². The minimum absolute atomic E-state index is 0.106. The maximum absolute atomic E-state index is 12.8. The molecule has 172 valence electrons. The lowest BCUT2D eigenvalue weighted by Gasteiger charge is -2.34. The van der Waals surface area contributed by atoms with Crippen molar-refractivity contribution in [3.05, 3.63) is 57.2 Å². The second-order valence-electron chi connectivity index (χ2n) is 7.82. The minimum atomic E-state index is 0.106. The van der Waals surface area contributed by atoms with Crippen LogP contribution < -0.4 is 9.47 Å². The number of hydrogen-bond donors (Lipinski definition) is 0. The highest BCUT2D eigenvalue weighted by Crippen LogP contribution is 2.33. The van der Waals surface area contributed by atoms with Crippen molar-refractivity contribution in [2.75, 3.05) is 38.7 Å². The number of thiophene rings is 1. The molecule has 33 heavy (non-hydrogen) atoms. The maximum Gasteiger partial charge on any atom is 0.231 e. The molecule has 7 nitrogen and oxygen atoms in total. The zero-order valence-corrected chi connectivity index (χ0v) is 20.3. The number of amides is 1. The van der Waals surface area contributed by atoms with E-state index in [1.54, 1.807) is 0 Å². The monoisotopic (exact) mass is 501 g/mol. The average Bonchev–Trinajstić information content (AvgIpc) is 3.59. The molecule has 2 aliphatic heterocycles. The van der Waals surface area contributed by atoms with E-state index in [1.807, 2.05) is 39.9 Å². The van der Waals surface area contributed by atoms with E-state index in [0.29, 0.717) is 25.3 Å². The minimum Gasteiger partial charge on any atom is -0.454 e. The molecule has 0 bridgehead atoms. The van der Waals surface area contributed by atoms with Gasteiger partial charge in [-0.1, -0.05) is 23.9 Å². The standard InChI is InChI=1S/C23H23N3O4S3/c27-18(21-2-1-9-31-21)14-33-23-24-17(13-32-23)11-22(28)26-7-5-25(6-8-26)12-16-3-4-19-20(10-16)30-15-29-19/h1-4,9-10,13H,5-8,11-12,14-15H2. The smallest absolute Gasteiger partial charge is 0.231 e.